The van der Waals surface area contributed by atoms with Crippen molar-refractivity contribution in [3.05, 3.63) is 35.9 Å². The molecule has 1 heterocycles. The van der Waals surface area contributed by atoms with E-state index in [2.05, 4.69) is 20.9 Å². The Bertz CT molecular complexity index is 459. The van der Waals surface area contributed by atoms with Gasteiger partial charge in [0.2, 0.25) is 5.91 Å². The summed E-state index contributed by atoms with van der Waals surface area (Å²) >= 11 is 0. The molecule has 0 spiro atoms. The molecule has 1 aliphatic heterocycles. The molecular formula is C13H19N5O. The van der Waals surface area contributed by atoms with Crippen molar-refractivity contribution in [3.8, 4) is 0 Å². The Morgan fingerprint density at radius 1 is 1.47 bits per heavy atom. The second kappa shape index (κ2) is 6.19. The fourth-order valence-electron chi connectivity index (χ4n) is 1.91. The van der Waals surface area contributed by atoms with E-state index in [1.165, 1.54) is 0 Å². The lowest BCUT2D eigenvalue weighted by atomic mass is 10.2. The van der Waals surface area contributed by atoms with Gasteiger partial charge in [0, 0.05) is 12.5 Å². The van der Waals surface area contributed by atoms with Crippen LogP contribution in [0, 0.1) is 0 Å². The fourth-order valence-corrected chi connectivity index (χ4v) is 1.91. The molecule has 2 atom stereocenters. The van der Waals surface area contributed by atoms with Gasteiger partial charge in [-0.2, -0.15) is 0 Å². The van der Waals surface area contributed by atoms with E-state index >= 15 is 0 Å². The van der Waals surface area contributed by atoms with E-state index in [0.717, 1.165) is 5.56 Å². The summed E-state index contributed by atoms with van der Waals surface area (Å²) in [7, 11) is 0. The van der Waals surface area contributed by atoms with E-state index in [0.29, 0.717) is 18.9 Å². The molecule has 6 heteroatoms. The number of benzene rings is 1. The van der Waals surface area contributed by atoms with Crippen LogP contribution in [0.1, 0.15) is 18.9 Å². The zero-order chi connectivity index (χ0) is 13.7. The number of carbonyl (C=O) groups is 1. The summed E-state index contributed by atoms with van der Waals surface area (Å²) in [5.41, 5.74) is 6.88. The predicted octanol–water partition coefficient (Wildman–Crippen LogP) is -0.127. The highest BCUT2D eigenvalue weighted by Crippen LogP contribution is 2.00. The normalized spacial score (nSPS) is 23.8. The topological polar surface area (TPSA) is 91.5 Å². The third kappa shape index (κ3) is 4.26. The lowest BCUT2D eigenvalue weighted by molar-refractivity contribution is -0.124. The molecule has 19 heavy (non-hydrogen) atoms. The summed E-state index contributed by atoms with van der Waals surface area (Å²) < 4.78 is 0. The zero-order valence-corrected chi connectivity index (χ0v) is 10.9. The van der Waals surface area contributed by atoms with Crippen molar-refractivity contribution in [2.24, 2.45) is 10.7 Å². The monoisotopic (exact) mass is 261 g/mol. The zero-order valence-electron chi connectivity index (χ0n) is 10.9. The van der Waals surface area contributed by atoms with Gasteiger partial charge in [0.1, 0.15) is 0 Å². The summed E-state index contributed by atoms with van der Waals surface area (Å²) in [6.07, 6.45) is 0.106. The van der Waals surface area contributed by atoms with Crippen LogP contribution >= 0.6 is 0 Å². The fraction of sp³-hybridized carbons (Fsp3) is 0.385. The van der Waals surface area contributed by atoms with Crippen molar-refractivity contribution in [1.29, 1.82) is 0 Å². The molecule has 2 rings (SSSR count). The average molecular weight is 261 g/mol. The van der Waals surface area contributed by atoms with E-state index in [4.69, 9.17) is 5.73 Å². The van der Waals surface area contributed by atoms with Gasteiger partial charge in [-0.05, 0) is 12.5 Å². The van der Waals surface area contributed by atoms with Gasteiger partial charge in [-0.15, -0.1) is 0 Å². The minimum absolute atomic E-state index is 0.000362. The van der Waals surface area contributed by atoms with Crippen LogP contribution in [0.3, 0.4) is 0 Å². The van der Waals surface area contributed by atoms with Crippen molar-refractivity contribution >= 4 is 11.9 Å². The molecule has 1 fully saturated rings. The molecule has 0 radical (unpaired) electrons. The van der Waals surface area contributed by atoms with Gasteiger partial charge in [0.05, 0.1) is 6.54 Å². The summed E-state index contributed by atoms with van der Waals surface area (Å²) in [5.74, 6) is 0.301. The summed E-state index contributed by atoms with van der Waals surface area (Å²) in [5, 5.41) is 8.86. The highest BCUT2D eigenvalue weighted by molar-refractivity contribution is 5.81. The first-order chi connectivity index (χ1) is 9.13. The standard InChI is InChI=1S/C13H19N5O/c1-9-7-11(19)17-13(16-9)18-12(14)15-8-10-5-3-2-4-6-10/h2-6,9,13,16H,7-8H2,1H3,(H,17,19)(H3,14,15,18). The van der Waals surface area contributed by atoms with Gasteiger partial charge in [-0.3, -0.25) is 10.1 Å². The number of guanidine groups is 1. The van der Waals surface area contributed by atoms with Gasteiger partial charge in [-0.25, -0.2) is 4.99 Å². The number of aliphatic imine (C=N–C) groups is 1. The molecule has 0 saturated carbocycles. The molecule has 2 unspecified atom stereocenters. The van der Waals surface area contributed by atoms with E-state index < -0.39 is 0 Å². The van der Waals surface area contributed by atoms with E-state index in [-0.39, 0.29) is 18.2 Å². The van der Waals surface area contributed by atoms with Crippen LogP contribution in [0.25, 0.3) is 0 Å². The number of hydrogen-bond donors (Lipinski definition) is 4. The Morgan fingerprint density at radius 2 is 2.21 bits per heavy atom. The van der Waals surface area contributed by atoms with Crippen LogP contribution in [-0.4, -0.2) is 24.2 Å². The van der Waals surface area contributed by atoms with Gasteiger partial charge in [0.25, 0.3) is 0 Å². The quantitative estimate of drug-likeness (QED) is 0.451. The van der Waals surface area contributed by atoms with Gasteiger partial charge in [-0.1, -0.05) is 30.3 Å². The summed E-state index contributed by atoms with van der Waals surface area (Å²) in [6, 6.07) is 9.96. The summed E-state index contributed by atoms with van der Waals surface area (Å²) in [4.78, 5) is 15.6. The Labute approximate surface area is 112 Å². The van der Waals surface area contributed by atoms with Crippen LogP contribution in [0.2, 0.25) is 0 Å². The van der Waals surface area contributed by atoms with Crippen LogP contribution < -0.4 is 21.7 Å². The van der Waals surface area contributed by atoms with Gasteiger partial charge < -0.3 is 16.4 Å². The van der Waals surface area contributed by atoms with Crippen molar-refractivity contribution < 1.29 is 4.79 Å². The number of nitrogens with one attached hydrogen (secondary N) is 3. The molecule has 102 valence electrons. The Kier molecular flexibility index (Phi) is 4.35. The summed E-state index contributed by atoms with van der Waals surface area (Å²) in [6.45, 7) is 2.46. The molecule has 0 aromatic heterocycles. The Morgan fingerprint density at radius 3 is 2.89 bits per heavy atom. The third-order valence-corrected chi connectivity index (χ3v) is 2.82. The molecule has 1 saturated heterocycles. The third-order valence-electron chi connectivity index (χ3n) is 2.82. The first-order valence-electron chi connectivity index (χ1n) is 6.29. The van der Waals surface area contributed by atoms with Crippen molar-refractivity contribution in [2.75, 3.05) is 0 Å². The number of rotatable bonds is 3. The number of hydrogen-bond acceptors (Lipinski definition) is 3. The largest absolute Gasteiger partial charge is 0.370 e. The lowest BCUT2D eigenvalue weighted by Crippen LogP contribution is -2.64. The van der Waals surface area contributed by atoms with Crippen molar-refractivity contribution in [2.45, 2.75) is 32.2 Å². The predicted molar refractivity (Wildman–Crippen MR) is 74.0 cm³/mol. The number of nitrogens with zero attached hydrogens (tertiary/aromatic N) is 1. The van der Waals surface area contributed by atoms with E-state index in [1.807, 2.05) is 37.3 Å². The maximum atomic E-state index is 11.4. The molecule has 0 aliphatic carbocycles. The first-order valence-corrected chi connectivity index (χ1v) is 6.29. The first kappa shape index (κ1) is 13.4. The smallest absolute Gasteiger partial charge is 0.224 e. The van der Waals surface area contributed by atoms with Crippen LogP contribution in [0.5, 0.6) is 0 Å². The van der Waals surface area contributed by atoms with E-state index in [1.54, 1.807) is 0 Å². The number of amides is 1. The highest BCUT2D eigenvalue weighted by Gasteiger charge is 2.22. The lowest BCUT2D eigenvalue weighted by Gasteiger charge is -2.30. The Balaban J connectivity index is 1.86. The minimum atomic E-state index is -0.365. The van der Waals surface area contributed by atoms with Gasteiger partial charge >= 0.3 is 0 Å². The molecule has 1 aliphatic rings. The average Bonchev–Trinajstić information content (AvgIpc) is 2.36. The Hall–Kier alpha value is -2.08. The number of nitrogens with two attached hydrogens (primary N) is 1. The van der Waals surface area contributed by atoms with Crippen molar-refractivity contribution in [1.82, 2.24) is 16.0 Å². The SMILES string of the molecule is CC1CC(=O)NC(NC(N)=NCc2ccccc2)N1. The van der Waals surface area contributed by atoms with Gasteiger partial charge in [0.15, 0.2) is 12.2 Å². The number of carbonyl (C=O) groups excluding carboxylic acids is 1. The van der Waals surface area contributed by atoms with E-state index in [9.17, 15) is 4.79 Å². The van der Waals surface area contributed by atoms with Crippen molar-refractivity contribution in [3.63, 3.8) is 0 Å². The molecule has 5 N–H and O–H groups in total. The molecule has 6 nitrogen and oxygen atoms in total. The molecule has 1 amide bonds. The molecule has 1 aromatic rings. The van der Waals surface area contributed by atoms with Crippen LogP contribution in [0.4, 0.5) is 0 Å². The molecule has 0 bridgehead atoms. The second-order valence-corrected chi connectivity index (χ2v) is 4.60. The highest BCUT2D eigenvalue weighted by atomic mass is 16.2. The van der Waals surface area contributed by atoms with Crippen LogP contribution in [0.15, 0.2) is 35.3 Å². The second-order valence-electron chi connectivity index (χ2n) is 4.60. The molecule has 1 aromatic carbocycles. The van der Waals surface area contributed by atoms with Crippen LogP contribution in [-0.2, 0) is 11.3 Å². The maximum absolute atomic E-state index is 11.4. The molecular weight excluding hydrogens is 242 g/mol. The minimum Gasteiger partial charge on any atom is -0.370 e. The maximum Gasteiger partial charge on any atom is 0.224 e.